The van der Waals surface area contributed by atoms with Gasteiger partial charge in [0, 0.05) is 12.6 Å². The Morgan fingerprint density at radius 3 is 2.69 bits per heavy atom. The molecule has 1 saturated heterocycles. The standard InChI is InChI=1S/C13H26N2O/c1-5-8-11-9-6-7-10-15(11)12(16)13(2,3)14-4/h11,14H,5-10H2,1-4H3. The SMILES string of the molecule is CCCC1CCCCN1C(=O)C(C)(C)NC. The molecule has 16 heavy (non-hydrogen) atoms. The molecule has 0 bridgehead atoms. The molecular formula is C13H26N2O. The van der Waals surface area contributed by atoms with Gasteiger partial charge in [0.05, 0.1) is 5.54 Å². The lowest BCUT2D eigenvalue weighted by Crippen LogP contribution is -2.56. The predicted molar refractivity (Wildman–Crippen MR) is 67.4 cm³/mol. The molecule has 0 aromatic heterocycles. The minimum absolute atomic E-state index is 0.258. The number of hydrogen-bond acceptors (Lipinski definition) is 2. The molecule has 3 nitrogen and oxygen atoms in total. The van der Waals surface area contributed by atoms with Crippen molar-refractivity contribution in [2.75, 3.05) is 13.6 Å². The van der Waals surface area contributed by atoms with E-state index in [2.05, 4.69) is 17.1 Å². The summed E-state index contributed by atoms with van der Waals surface area (Å²) in [6.45, 7) is 7.06. The van der Waals surface area contributed by atoms with E-state index in [0.29, 0.717) is 6.04 Å². The van der Waals surface area contributed by atoms with Crippen LogP contribution in [0.1, 0.15) is 52.9 Å². The Morgan fingerprint density at radius 1 is 1.44 bits per heavy atom. The Labute approximate surface area is 99.6 Å². The summed E-state index contributed by atoms with van der Waals surface area (Å²) in [5, 5.41) is 3.11. The summed E-state index contributed by atoms with van der Waals surface area (Å²) >= 11 is 0. The first-order valence-electron chi connectivity index (χ1n) is 6.53. The van der Waals surface area contributed by atoms with Crippen molar-refractivity contribution in [1.82, 2.24) is 10.2 Å². The highest BCUT2D eigenvalue weighted by Gasteiger charge is 2.34. The normalized spacial score (nSPS) is 22.2. The van der Waals surface area contributed by atoms with E-state index < -0.39 is 5.54 Å². The summed E-state index contributed by atoms with van der Waals surface area (Å²) in [6, 6.07) is 0.471. The van der Waals surface area contributed by atoms with Gasteiger partial charge in [-0.1, -0.05) is 13.3 Å². The second-order valence-corrected chi connectivity index (χ2v) is 5.31. The molecule has 1 unspecified atom stereocenters. The number of nitrogens with one attached hydrogen (secondary N) is 1. The molecule has 0 radical (unpaired) electrons. The number of piperidine rings is 1. The molecule has 3 heteroatoms. The Bertz CT molecular complexity index is 236. The van der Waals surface area contributed by atoms with Gasteiger partial charge in [-0.25, -0.2) is 0 Å². The van der Waals surface area contributed by atoms with E-state index in [1.165, 1.54) is 12.8 Å². The average molecular weight is 226 g/mol. The maximum Gasteiger partial charge on any atom is 0.242 e. The molecule has 0 saturated carbocycles. The summed E-state index contributed by atoms with van der Waals surface area (Å²) in [6.07, 6.45) is 5.92. The highest BCUT2D eigenvalue weighted by Crippen LogP contribution is 2.23. The summed E-state index contributed by atoms with van der Waals surface area (Å²) in [5.41, 5.74) is -0.427. The molecule has 1 atom stereocenters. The molecule has 1 rings (SSSR count). The van der Waals surface area contributed by atoms with E-state index in [1.54, 1.807) is 0 Å². The van der Waals surface area contributed by atoms with Crippen LogP contribution in [0.15, 0.2) is 0 Å². The van der Waals surface area contributed by atoms with Crippen LogP contribution < -0.4 is 5.32 Å². The minimum Gasteiger partial charge on any atom is -0.338 e. The fourth-order valence-corrected chi connectivity index (χ4v) is 2.37. The molecule has 1 heterocycles. The zero-order chi connectivity index (χ0) is 12.2. The van der Waals surface area contributed by atoms with Crippen molar-refractivity contribution >= 4 is 5.91 Å². The van der Waals surface area contributed by atoms with Gasteiger partial charge in [0.1, 0.15) is 0 Å². The largest absolute Gasteiger partial charge is 0.338 e. The fourth-order valence-electron chi connectivity index (χ4n) is 2.37. The number of hydrogen-bond donors (Lipinski definition) is 1. The van der Waals surface area contributed by atoms with Crippen LogP contribution in [0, 0.1) is 0 Å². The van der Waals surface area contributed by atoms with Crippen molar-refractivity contribution in [1.29, 1.82) is 0 Å². The van der Waals surface area contributed by atoms with E-state index in [-0.39, 0.29) is 5.91 Å². The van der Waals surface area contributed by atoms with Crippen molar-refractivity contribution in [3.8, 4) is 0 Å². The monoisotopic (exact) mass is 226 g/mol. The molecule has 94 valence electrons. The van der Waals surface area contributed by atoms with Crippen LogP contribution in [0.4, 0.5) is 0 Å². The van der Waals surface area contributed by atoms with Gasteiger partial charge in [0.25, 0.3) is 0 Å². The molecule has 1 amide bonds. The second kappa shape index (κ2) is 5.67. The predicted octanol–water partition coefficient (Wildman–Crippen LogP) is 2.17. The first-order valence-corrected chi connectivity index (χ1v) is 6.53. The van der Waals surface area contributed by atoms with Crippen LogP contribution in [-0.2, 0) is 4.79 Å². The van der Waals surface area contributed by atoms with Crippen LogP contribution in [0.25, 0.3) is 0 Å². The fraction of sp³-hybridized carbons (Fsp3) is 0.923. The van der Waals surface area contributed by atoms with Crippen LogP contribution >= 0.6 is 0 Å². The van der Waals surface area contributed by atoms with Gasteiger partial charge in [-0.3, -0.25) is 4.79 Å². The molecule has 0 aromatic carbocycles. The van der Waals surface area contributed by atoms with Crippen LogP contribution in [0.2, 0.25) is 0 Å². The Balaban J connectivity index is 2.71. The maximum atomic E-state index is 12.4. The number of rotatable bonds is 4. The number of carbonyl (C=O) groups is 1. The third-order valence-electron chi connectivity index (χ3n) is 3.67. The van der Waals surface area contributed by atoms with Crippen LogP contribution in [0.5, 0.6) is 0 Å². The number of nitrogens with zero attached hydrogens (tertiary/aromatic N) is 1. The highest BCUT2D eigenvalue weighted by atomic mass is 16.2. The zero-order valence-corrected chi connectivity index (χ0v) is 11.2. The third-order valence-corrected chi connectivity index (χ3v) is 3.67. The van der Waals surface area contributed by atoms with Crippen molar-refractivity contribution in [2.24, 2.45) is 0 Å². The van der Waals surface area contributed by atoms with Crippen molar-refractivity contribution in [3.63, 3.8) is 0 Å². The topological polar surface area (TPSA) is 32.3 Å². The van der Waals surface area contributed by atoms with Crippen LogP contribution in [-0.4, -0.2) is 36.0 Å². The minimum atomic E-state index is -0.427. The van der Waals surface area contributed by atoms with E-state index in [0.717, 1.165) is 25.8 Å². The molecule has 0 aliphatic carbocycles. The summed E-state index contributed by atoms with van der Waals surface area (Å²) in [5.74, 6) is 0.258. The van der Waals surface area contributed by atoms with E-state index >= 15 is 0 Å². The zero-order valence-electron chi connectivity index (χ0n) is 11.2. The summed E-state index contributed by atoms with van der Waals surface area (Å²) < 4.78 is 0. The molecule has 1 fully saturated rings. The van der Waals surface area contributed by atoms with Gasteiger partial charge in [-0.05, 0) is 46.6 Å². The van der Waals surface area contributed by atoms with Gasteiger partial charge in [0.15, 0.2) is 0 Å². The van der Waals surface area contributed by atoms with Gasteiger partial charge in [-0.15, -0.1) is 0 Å². The molecule has 1 aliphatic heterocycles. The highest BCUT2D eigenvalue weighted by molar-refractivity contribution is 5.85. The summed E-state index contributed by atoms with van der Waals surface area (Å²) in [7, 11) is 1.86. The average Bonchev–Trinajstić information content (AvgIpc) is 2.29. The number of likely N-dealkylation sites (N-methyl/N-ethyl adjacent to an activating group) is 1. The lowest BCUT2D eigenvalue weighted by molar-refractivity contribution is -0.140. The first kappa shape index (κ1) is 13.5. The smallest absolute Gasteiger partial charge is 0.242 e. The van der Waals surface area contributed by atoms with E-state index in [1.807, 2.05) is 20.9 Å². The number of amides is 1. The van der Waals surface area contributed by atoms with E-state index in [4.69, 9.17) is 0 Å². The quantitative estimate of drug-likeness (QED) is 0.797. The third kappa shape index (κ3) is 2.97. The van der Waals surface area contributed by atoms with Gasteiger partial charge in [0.2, 0.25) is 5.91 Å². The molecule has 1 N–H and O–H groups in total. The van der Waals surface area contributed by atoms with Crippen molar-refractivity contribution < 1.29 is 4.79 Å². The Morgan fingerprint density at radius 2 is 2.12 bits per heavy atom. The van der Waals surface area contributed by atoms with Gasteiger partial charge >= 0.3 is 0 Å². The maximum absolute atomic E-state index is 12.4. The van der Waals surface area contributed by atoms with Crippen molar-refractivity contribution in [3.05, 3.63) is 0 Å². The Kier molecular flexibility index (Phi) is 4.78. The van der Waals surface area contributed by atoms with Crippen LogP contribution in [0.3, 0.4) is 0 Å². The Hall–Kier alpha value is -0.570. The summed E-state index contributed by atoms with van der Waals surface area (Å²) in [4.78, 5) is 14.5. The molecule has 0 aromatic rings. The van der Waals surface area contributed by atoms with E-state index in [9.17, 15) is 4.79 Å². The lowest BCUT2D eigenvalue weighted by atomic mass is 9.94. The first-order chi connectivity index (χ1) is 7.53. The lowest BCUT2D eigenvalue weighted by Gasteiger charge is -2.40. The number of carbonyl (C=O) groups excluding carboxylic acids is 1. The number of likely N-dealkylation sites (tertiary alicyclic amines) is 1. The van der Waals surface area contributed by atoms with Gasteiger partial charge < -0.3 is 10.2 Å². The molecule has 1 aliphatic rings. The van der Waals surface area contributed by atoms with Gasteiger partial charge in [-0.2, -0.15) is 0 Å². The molecular weight excluding hydrogens is 200 g/mol. The second-order valence-electron chi connectivity index (χ2n) is 5.31. The molecule has 0 spiro atoms. The van der Waals surface area contributed by atoms with Crippen molar-refractivity contribution in [2.45, 2.75) is 64.5 Å².